The van der Waals surface area contributed by atoms with Gasteiger partial charge in [-0.2, -0.15) is 0 Å². The lowest BCUT2D eigenvalue weighted by atomic mass is 10.1. The van der Waals surface area contributed by atoms with Gasteiger partial charge in [0.1, 0.15) is 5.70 Å². The van der Waals surface area contributed by atoms with E-state index >= 15 is 0 Å². The number of aryl methyl sites for hydroxylation is 1. The second-order valence-electron chi connectivity index (χ2n) is 8.50. The van der Waals surface area contributed by atoms with Crippen molar-refractivity contribution < 1.29 is 14.3 Å². The predicted molar refractivity (Wildman–Crippen MR) is 147 cm³/mol. The number of aromatic nitrogens is 1. The average Bonchev–Trinajstić information content (AvgIpc) is 3.37. The second-order valence-corrected chi connectivity index (χ2v) is 8.86. The van der Waals surface area contributed by atoms with Crippen LogP contribution in [0, 0.1) is 0 Å². The molecule has 2 heterocycles. The van der Waals surface area contributed by atoms with Gasteiger partial charge in [-0.3, -0.25) is 9.69 Å². The van der Waals surface area contributed by atoms with Crippen molar-refractivity contribution in [3.05, 3.63) is 96.3 Å². The summed E-state index contributed by atoms with van der Waals surface area (Å²) in [6.45, 7) is 1.34. The van der Waals surface area contributed by atoms with E-state index in [9.17, 15) is 4.79 Å². The first kappa shape index (κ1) is 23.6. The highest BCUT2D eigenvalue weighted by molar-refractivity contribution is 7.80. The fourth-order valence-electron chi connectivity index (χ4n) is 4.44. The second kappa shape index (κ2) is 10.3. The maximum Gasteiger partial charge on any atom is 0.281 e. The number of fused-ring (bicyclic) bond motifs is 1. The van der Waals surface area contributed by atoms with Crippen LogP contribution in [0.15, 0.2) is 90.8 Å². The molecule has 1 aliphatic rings. The standard InChI is InChI=1S/C29H27N3O3S/c1-30-25(28(33)32(29(30)36)22-11-4-3-5-12-22)19-21-20-31(24-14-7-6-13-23(21)24)17-10-18-35-27-16-9-8-15-26(27)34-2/h3-9,11-16,19-20H,10,17-18H2,1-2H3/b25-19-. The molecule has 0 saturated carbocycles. The summed E-state index contributed by atoms with van der Waals surface area (Å²) in [7, 11) is 3.48. The van der Waals surface area contributed by atoms with E-state index in [1.807, 2.05) is 79.9 Å². The van der Waals surface area contributed by atoms with Gasteiger partial charge in [0.05, 0.1) is 19.4 Å². The molecule has 36 heavy (non-hydrogen) atoms. The van der Waals surface area contributed by atoms with Crippen LogP contribution in [0.25, 0.3) is 17.0 Å². The molecule has 6 nitrogen and oxygen atoms in total. The Balaban J connectivity index is 1.37. The van der Waals surface area contributed by atoms with Crippen LogP contribution < -0.4 is 14.4 Å². The van der Waals surface area contributed by atoms with E-state index in [4.69, 9.17) is 21.7 Å². The number of thiocarbonyl (C=S) groups is 1. The Morgan fingerprint density at radius 2 is 1.61 bits per heavy atom. The Labute approximate surface area is 216 Å². The highest BCUT2D eigenvalue weighted by atomic mass is 32.1. The molecule has 0 N–H and O–H groups in total. The third kappa shape index (κ3) is 4.45. The molecule has 0 atom stereocenters. The SMILES string of the molecule is COc1ccccc1OCCCn1cc(/C=C2/C(=O)N(c3ccccc3)C(=S)N2C)c2ccccc21. The fraction of sp³-hybridized carbons (Fsp3) is 0.172. The number of hydrogen-bond donors (Lipinski definition) is 0. The van der Waals surface area contributed by atoms with E-state index in [0.717, 1.165) is 46.6 Å². The molecule has 1 aliphatic heterocycles. The molecule has 1 fully saturated rings. The zero-order chi connectivity index (χ0) is 25.1. The summed E-state index contributed by atoms with van der Waals surface area (Å²) in [6.07, 6.45) is 4.84. The maximum atomic E-state index is 13.4. The molecule has 1 saturated heterocycles. The Hall–Kier alpha value is -4.10. The first-order valence-electron chi connectivity index (χ1n) is 11.8. The van der Waals surface area contributed by atoms with Crippen molar-refractivity contribution in [1.29, 1.82) is 0 Å². The van der Waals surface area contributed by atoms with Crippen LogP contribution in [-0.2, 0) is 11.3 Å². The number of carbonyl (C=O) groups is 1. The molecule has 182 valence electrons. The van der Waals surface area contributed by atoms with Gasteiger partial charge in [0.2, 0.25) is 0 Å². The van der Waals surface area contributed by atoms with Gasteiger partial charge in [-0.25, -0.2) is 0 Å². The normalized spacial score (nSPS) is 14.8. The number of ether oxygens (including phenoxy) is 2. The van der Waals surface area contributed by atoms with Crippen LogP contribution in [0.5, 0.6) is 11.5 Å². The summed E-state index contributed by atoms with van der Waals surface area (Å²) in [5.41, 5.74) is 3.40. The van der Waals surface area contributed by atoms with Crippen molar-refractivity contribution in [3.8, 4) is 11.5 Å². The summed E-state index contributed by atoms with van der Waals surface area (Å²) in [5, 5.41) is 1.55. The number of methoxy groups -OCH3 is 1. The van der Waals surface area contributed by atoms with Gasteiger partial charge in [-0.1, -0.05) is 48.5 Å². The smallest absolute Gasteiger partial charge is 0.281 e. The molecule has 3 aromatic carbocycles. The number of para-hydroxylation sites is 4. The van der Waals surface area contributed by atoms with E-state index in [-0.39, 0.29) is 5.91 Å². The zero-order valence-corrected chi connectivity index (χ0v) is 21.1. The molecule has 7 heteroatoms. The molecular weight excluding hydrogens is 470 g/mol. The minimum Gasteiger partial charge on any atom is -0.493 e. The lowest BCUT2D eigenvalue weighted by molar-refractivity contribution is -0.114. The van der Waals surface area contributed by atoms with Crippen molar-refractivity contribution >= 4 is 45.9 Å². The number of carbonyl (C=O) groups excluding carboxylic acids is 1. The molecule has 1 amide bonds. The van der Waals surface area contributed by atoms with Crippen LogP contribution in [-0.4, -0.2) is 41.3 Å². The van der Waals surface area contributed by atoms with E-state index in [0.29, 0.717) is 17.4 Å². The number of benzene rings is 3. The summed E-state index contributed by atoms with van der Waals surface area (Å²) in [6, 6.07) is 25.4. The highest BCUT2D eigenvalue weighted by Crippen LogP contribution is 2.31. The van der Waals surface area contributed by atoms with Gasteiger partial charge in [-0.15, -0.1) is 0 Å². The number of nitrogens with zero attached hydrogens (tertiary/aromatic N) is 3. The Morgan fingerprint density at radius 3 is 2.39 bits per heavy atom. The Kier molecular flexibility index (Phi) is 6.73. The molecule has 0 spiro atoms. The first-order chi connectivity index (χ1) is 17.6. The van der Waals surface area contributed by atoms with E-state index in [1.54, 1.807) is 16.9 Å². The van der Waals surface area contributed by atoms with E-state index in [1.165, 1.54) is 0 Å². The molecule has 0 bridgehead atoms. The largest absolute Gasteiger partial charge is 0.493 e. The maximum absolute atomic E-state index is 13.4. The number of amides is 1. The minimum absolute atomic E-state index is 0.129. The number of hydrogen-bond acceptors (Lipinski definition) is 4. The summed E-state index contributed by atoms with van der Waals surface area (Å²) < 4.78 is 13.5. The van der Waals surface area contributed by atoms with Crippen LogP contribution in [0.3, 0.4) is 0 Å². The lowest BCUT2D eigenvalue weighted by Gasteiger charge is -2.16. The van der Waals surface area contributed by atoms with Crippen molar-refractivity contribution in [3.63, 3.8) is 0 Å². The fourth-order valence-corrected chi connectivity index (χ4v) is 4.73. The van der Waals surface area contributed by atoms with Gasteiger partial charge in [0, 0.05) is 36.3 Å². The van der Waals surface area contributed by atoms with Crippen molar-refractivity contribution in [2.45, 2.75) is 13.0 Å². The molecule has 0 radical (unpaired) electrons. The number of rotatable bonds is 8. The Bertz CT molecular complexity index is 1440. The van der Waals surface area contributed by atoms with Gasteiger partial charge >= 0.3 is 0 Å². The van der Waals surface area contributed by atoms with Gasteiger partial charge in [0.15, 0.2) is 16.6 Å². The molecule has 0 aliphatic carbocycles. The third-order valence-corrected chi connectivity index (χ3v) is 6.71. The number of anilines is 1. The zero-order valence-electron chi connectivity index (χ0n) is 20.3. The monoisotopic (exact) mass is 497 g/mol. The lowest BCUT2D eigenvalue weighted by Crippen LogP contribution is -2.30. The molecular formula is C29H27N3O3S. The summed E-state index contributed by atoms with van der Waals surface area (Å²) in [4.78, 5) is 16.7. The van der Waals surface area contributed by atoms with Crippen molar-refractivity contribution in [1.82, 2.24) is 9.47 Å². The minimum atomic E-state index is -0.129. The predicted octanol–water partition coefficient (Wildman–Crippen LogP) is 5.72. The summed E-state index contributed by atoms with van der Waals surface area (Å²) >= 11 is 5.61. The van der Waals surface area contributed by atoms with Gasteiger partial charge < -0.3 is 18.9 Å². The topological polar surface area (TPSA) is 46.9 Å². The molecule has 1 aromatic heterocycles. The van der Waals surface area contributed by atoms with Crippen molar-refractivity contribution in [2.24, 2.45) is 0 Å². The van der Waals surface area contributed by atoms with Crippen molar-refractivity contribution in [2.75, 3.05) is 25.7 Å². The van der Waals surface area contributed by atoms with Crippen LogP contribution in [0.1, 0.15) is 12.0 Å². The third-order valence-electron chi connectivity index (χ3n) is 6.26. The average molecular weight is 498 g/mol. The van der Waals surface area contributed by atoms with Gasteiger partial charge in [0.25, 0.3) is 5.91 Å². The van der Waals surface area contributed by atoms with Crippen LogP contribution in [0.4, 0.5) is 5.69 Å². The summed E-state index contributed by atoms with van der Waals surface area (Å²) in [5.74, 6) is 1.34. The molecule has 5 rings (SSSR count). The van der Waals surface area contributed by atoms with E-state index < -0.39 is 0 Å². The number of likely N-dealkylation sites (N-methyl/N-ethyl adjacent to an activating group) is 1. The van der Waals surface area contributed by atoms with E-state index in [2.05, 4.69) is 22.9 Å². The quantitative estimate of drug-likeness (QED) is 0.177. The van der Waals surface area contributed by atoms with Crippen LogP contribution >= 0.6 is 12.2 Å². The van der Waals surface area contributed by atoms with Crippen LogP contribution in [0.2, 0.25) is 0 Å². The van der Waals surface area contributed by atoms with Gasteiger partial charge in [-0.05, 0) is 55.0 Å². The molecule has 4 aromatic rings. The first-order valence-corrected chi connectivity index (χ1v) is 12.2. The molecule has 0 unspecified atom stereocenters. The Morgan fingerprint density at radius 1 is 0.917 bits per heavy atom. The highest BCUT2D eigenvalue weighted by Gasteiger charge is 2.36.